The quantitative estimate of drug-likeness (QED) is 0.687. The lowest BCUT2D eigenvalue weighted by molar-refractivity contribution is 0.179. The van der Waals surface area contributed by atoms with Crippen LogP contribution in [0, 0.1) is 5.92 Å². The number of likely N-dealkylation sites (N-methyl/N-ethyl adjacent to an activating group) is 1. The van der Waals surface area contributed by atoms with Crippen LogP contribution in [0.1, 0.15) is 32.1 Å². The van der Waals surface area contributed by atoms with Gasteiger partial charge in [-0.3, -0.25) is 9.78 Å². The minimum absolute atomic E-state index is 0.172. The third kappa shape index (κ3) is 3.80. The van der Waals surface area contributed by atoms with Crippen LogP contribution in [0.5, 0.6) is 0 Å². The van der Waals surface area contributed by atoms with Crippen molar-refractivity contribution in [2.24, 2.45) is 5.92 Å². The van der Waals surface area contributed by atoms with Gasteiger partial charge in [0.2, 0.25) is 5.95 Å². The highest BCUT2D eigenvalue weighted by Crippen LogP contribution is 2.28. The smallest absolute Gasteiger partial charge is 0.263 e. The second-order valence-electron chi connectivity index (χ2n) is 7.85. The van der Waals surface area contributed by atoms with Gasteiger partial charge in [0.1, 0.15) is 5.39 Å². The van der Waals surface area contributed by atoms with E-state index in [2.05, 4.69) is 39.4 Å². The van der Waals surface area contributed by atoms with E-state index >= 15 is 0 Å². The number of fused-ring (bicyclic) bond motifs is 1. The normalized spacial score (nSPS) is 16.5. The van der Waals surface area contributed by atoms with Crippen LogP contribution in [0.2, 0.25) is 0 Å². The molecule has 1 aromatic carbocycles. The van der Waals surface area contributed by atoms with Crippen LogP contribution in [0.4, 0.5) is 5.95 Å². The highest BCUT2D eigenvalue weighted by atomic mass is 16.1. The molecule has 1 aliphatic carbocycles. The number of para-hydroxylation sites is 1. The van der Waals surface area contributed by atoms with E-state index in [9.17, 15) is 4.79 Å². The van der Waals surface area contributed by atoms with Crippen LogP contribution in [0.3, 0.4) is 0 Å². The van der Waals surface area contributed by atoms with Gasteiger partial charge in [0.15, 0.2) is 5.65 Å². The van der Waals surface area contributed by atoms with Crippen molar-refractivity contribution in [3.05, 3.63) is 46.9 Å². The lowest BCUT2D eigenvalue weighted by atomic mass is 9.83. The Balaban J connectivity index is 1.59. The molecular weight excluding hydrogens is 352 g/mol. The fourth-order valence-electron chi connectivity index (χ4n) is 4.25. The van der Waals surface area contributed by atoms with Gasteiger partial charge in [-0.1, -0.05) is 37.5 Å². The molecule has 28 heavy (non-hydrogen) atoms. The first kappa shape index (κ1) is 18.7. The highest BCUT2D eigenvalue weighted by Gasteiger charge is 2.25. The summed E-state index contributed by atoms with van der Waals surface area (Å²) in [5.41, 5.74) is 1.28. The summed E-state index contributed by atoms with van der Waals surface area (Å²) in [5.74, 6) is 1.18. The zero-order valence-corrected chi connectivity index (χ0v) is 16.6. The van der Waals surface area contributed by atoms with Crippen molar-refractivity contribution in [3.63, 3.8) is 0 Å². The van der Waals surface area contributed by atoms with Crippen LogP contribution >= 0.6 is 0 Å². The van der Waals surface area contributed by atoms with Crippen molar-refractivity contribution in [2.75, 3.05) is 26.0 Å². The second kappa shape index (κ2) is 8.14. The van der Waals surface area contributed by atoms with Gasteiger partial charge in [-0.05, 0) is 45.0 Å². The van der Waals surface area contributed by atoms with Crippen molar-refractivity contribution >= 4 is 17.0 Å². The minimum Gasteiger partial charge on any atom is -0.354 e. The van der Waals surface area contributed by atoms with E-state index in [1.165, 1.54) is 32.1 Å². The Morgan fingerprint density at radius 3 is 2.68 bits per heavy atom. The number of H-pyrrole nitrogens is 1. The monoisotopic (exact) mass is 380 g/mol. The van der Waals surface area contributed by atoms with Crippen molar-refractivity contribution in [1.82, 2.24) is 24.6 Å². The molecule has 1 unspecified atom stereocenters. The molecule has 148 valence electrons. The Bertz CT molecular complexity index is 971. The number of aromatic amines is 1. The molecule has 0 radical (unpaired) electrons. The highest BCUT2D eigenvalue weighted by molar-refractivity contribution is 5.76. The molecule has 3 aromatic rings. The number of benzene rings is 1. The molecule has 0 aliphatic heterocycles. The van der Waals surface area contributed by atoms with Gasteiger partial charge in [0, 0.05) is 12.6 Å². The lowest BCUT2D eigenvalue weighted by Gasteiger charge is -2.35. The predicted molar refractivity (Wildman–Crippen MR) is 112 cm³/mol. The average Bonchev–Trinajstić information content (AvgIpc) is 3.14. The first-order valence-electron chi connectivity index (χ1n) is 10.1. The summed E-state index contributed by atoms with van der Waals surface area (Å²) < 4.78 is 1.71. The molecular formula is C21H28N6O. The van der Waals surface area contributed by atoms with Crippen LogP contribution < -0.4 is 10.9 Å². The standard InChI is InChI=1S/C21H28N6O/c1-26(2)18(15-9-5-3-6-10-15)14-22-21-24-19-17(20(28)25-21)13-23-27(19)16-11-7-4-8-12-16/h4,7-8,11-13,15,18H,3,5-6,9-10,14H2,1-2H3,(H2,22,24,25,28). The number of rotatable bonds is 6. The topological polar surface area (TPSA) is 78.8 Å². The van der Waals surface area contributed by atoms with E-state index in [0.717, 1.165) is 12.2 Å². The molecule has 0 bridgehead atoms. The van der Waals surface area contributed by atoms with E-state index in [1.54, 1.807) is 10.9 Å². The predicted octanol–water partition coefficient (Wildman–Crippen LogP) is 3.03. The summed E-state index contributed by atoms with van der Waals surface area (Å²) in [5, 5.41) is 8.23. The maximum atomic E-state index is 12.5. The fraction of sp³-hybridized carbons (Fsp3) is 0.476. The van der Waals surface area contributed by atoms with Crippen molar-refractivity contribution in [3.8, 4) is 5.69 Å². The number of nitrogens with zero attached hydrogens (tertiary/aromatic N) is 4. The van der Waals surface area contributed by atoms with E-state index in [-0.39, 0.29) is 5.56 Å². The first-order valence-corrected chi connectivity index (χ1v) is 10.1. The zero-order valence-electron chi connectivity index (χ0n) is 16.6. The zero-order chi connectivity index (χ0) is 19.5. The Hall–Kier alpha value is -2.67. The molecule has 0 saturated heterocycles. The molecule has 0 spiro atoms. The van der Waals surface area contributed by atoms with Crippen molar-refractivity contribution < 1.29 is 0 Å². The first-order chi connectivity index (χ1) is 13.6. The summed E-state index contributed by atoms with van der Waals surface area (Å²) in [4.78, 5) is 22.3. The van der Waals surface area contributed by atoms with Crippen LogP contribution in [0.25, 0.3) is 16.7 Å². The van der Waals surface area contributed by atoms with Gasteiger partial charge >= 0.3 is 0 Å². The summed E-state index contributed by atoms with van der Waals surface area (Å²) in [6, 6.07) is 10.2. The number of aromatic nitrogens is 4. The maximum absolute atomic E-state index is 12.5. The molecule has 2 aromatic heterocycles. The summed E-state index contributed by atoms with van der Waals surface area (Å²) >= 11 is 0. The maximum Gasteiger partial charge on any atom is 0.263 e. The van der Waals surface area contributed by atoms with Crippen molar-refractivity contribution in [1.29, 1.82) is 0 Å². The number of anilines is 1. The third-order valence-corrected chi connectivity index (χ3v) is 5.77. The lowest BCUT2D eigenvalue weighted by Crippen LogP contribution is -2.42. The molecule has 1 atom stereocenters. The molecule has 2 N–H and O–H groups in total. The minimum atomic E-state index is -0.172. The third-order valence-electron chi connectivity index (χ3n) is 5.77. The Labute approximate surface area is 164 Å². The SMILES string of the molecule is CN(C)C(CNc1nc2c(cnn2-c2ccccc2)c(=O)[nH]1)C1CCCCC1. The number of hydrogen-bond acceptors (Lipinski definition) is 5. The van der Waals surface area contributed by atoms with Gasteiger partial charge in [-0.15, -0.1) is 0 Å². The molecule has 2 heterocycles. The van der Waals surface area contributed by atoms with Crippen LogP contribution in [-0.4, -0.2) is 51.3 Å². The molecule has 1 aliphatic rings. The van der Waals surface area contributed by atoms with E-state index < -0.39 is 0 Å². The van der Waals surface area contributed by atoms with Gasteiger partial charge in [-0.2, -0.15) is 10.1 Å². The van der Waals surface area contributed by atoms with E-state index in [0.29, 0.717) is 28.9 Å². The summed E-state index contributed by atoms with van der Waals surface area (Å²) in [7, 11) is 4.26. The molecule has 0 amide bonds. The Morgan fingerprint density at radius 2 is 1.96 bits per heavy atom. The van der Waals surface area contributed by atoms with Gasteiger partial charge in [-0.25, -0.2) is 4.68 Å². The van der Waals surface area contributed by atoms with Crippen LogP contribution in [-0.2, 0) is 0 Å². The molecule has 7 nitrogen and oxygen atoms in total. The molecule has 4 rings (SSSR count). The largest absolute Gasteiger partial charge is 0.354 e. The van der Waals surface area contributed by atoms with Crippen LogP contribution in [0.15, 0.2) is 41.3 Å². The van der Waals surface area contributed by atoms with Gasteiger partial charge in [0.25, 0.3) is 5.56 Å². The number of hydrogen-bond donors (Lipinski definition) is 2. The fourth-order valence-corrected chi connectivity index (χ4v) is 4.25. The van der Waals surface area contributed by atoms with E-state index in [4.69, 9.17) is 0 Å². The van der Waals surface area contributed by atoms with Gasteiger partial charge < -0.3 is 10.2 Å². The molecule has 7 heteroatoms. The molecule has 1 fully saturated rings. The Kier molecular flexibility index (Phi) is 5.43. The van der Waals surface area contributed by atoms with E-state index in [1.807, 2.05) is 30.3 Å². The summed E-state index contributed by atoms with van der Waals surface area (Å²) in [6.07, 6.45) is 8.09. The second-order valence-corrected chi connectivity index (χ2v) is 7.85. The number of nitrogens with one attached hydrogen (secondary N) is 2. The van der Waals surface area contributed by atoms with Crippen molar-refractivity contribution in [2.45, 2.75) is 38.1 Å². The molecule has 1 saturated carbocycles. The average molecular weight is 380 g/mol. The Morgan fingerprint density at radius 1 is 1.21 bits per heavy atom. The summed E-state index contributed by atoms with van der Waals surface area (Å²) in [6.45, 7) is 0.756. The van der Waals surface area contributed by atoms with Gasteiger partial charge in [0.05, 0.1) is 11.9 Å².